The largest absolute Gasteiger partial charge is 0.390 e. The van der Waals surface area contributed by atoms with Gasteiger partial charge in [0.15, 0.2) is 0 Å². The lowest BCUT2D eigenvalue weighted by Crippen LogP contribution is -2.22. The van der Waals surface area contributed by atoms with E-state index in [0.29, 0.717) is 5.69 Å². The van der Waals surface area contributed by atoms with E-state index in [1.807, 2.05) is 0 Å². The molecule has 0 radical (unpaired) electrons. The maximum atomic E-state index is 9.59. The molecule has 7 heteroatoms. The molecule has 7 nitrogen and oxygen atoms in total. The van der Waals surface area contributed by atoms with Crippen molar-refractivity contribution in [2.24, 2.45) is 12.2 Å². The summed E-state index contributed by atoms with van der Waals surface area (Å²) in [6.07, 6.45) is 0.761. The minimum absolute atomic E-state index is 0.164. The van der Waals surface area contributed by atoms with Crippen molar-refractivity contribution in [3.63, 3.8) is 0 Å². The molecule has 0 saturated carbocycles. The molecule has 1 aromatic heterocycles. The van der Waals surface area contributed by atoms with Gasteiger partial charge in [0.05, 0.1) is 30.9 Å². The maximum Gasteiger partial charge on any atom is 0.121 e. The summed E-state index contributed by atoms with van der Waals surface area (Å²) in [6, 6.07) is 0. The monoisotopic (exact) mass is 197 g/mol. The molecule has 0 aromatic carbocycles. The van der Waals surface area contributed by atoms with Crippen molar-refractivity contribution < 1.29 is 10.2 Å². The molecule has 14 heavy (non-hydrogen) atoms. The molecule has 1 rings (SSSR count). The third-order valence-electron chi connectivity index (χ3n) is 1.85. The van der Waals surface area contributed by atoms with Gasteiger partial charge in [-0.25, -0.2) is 4.98 Å². The zero-order valence-electron chi connectivity index (χ0n) is 7.65. The van der Waals surface area contributed by atoms with E-state index in [1.165, 1.54) is 12.5 Å². The van der Waals surface area contributed by atoms with Gasteiger partial charge < -0.3 is 14.8 Å². The lowest BCUT2D eigenvalue weighted by Gasteiger charge is -2.15. The molecule has 0 saturated heterocycles. The van der Waals surface area contributed by atoms with Crippen molar-refractivity contribution in [2.75, 3.05) is 6.54 Å². The standard InChI is InChI=1S/C7H11N5O2/c1-12-4-9-2-5(12)7(14)6(13)3-10-11-8/h2,4,6-7,13-14H,3H2,1H3. The van der Waals surface area contributed by atoms with Crippen molar-refractivity contribution in [3.05, 3.63) is 28.7 Å². The Bertz CT molecular complexity index is 344. The summed E-state index contributed by atoms with van der Waals surface area (Å²) >= 11 is 0. The Hall–Kier alpha value is -1.56. The van der Waals surface area contributed by atoms with E-state index in [9.17, 15) is 10.2 Å². The van der Waals surface area contributed by atoms with Crippen LogP contribution < -0.4 is 0 Å². The smallest absolute Gasteiger partial charge is 0.121 e. The molecule has 0 aliphatic carbocycles. The zero-order valence-corrected chi connectivity index (χ0v) is 7.65. The molecule has 1 heterocycles. The topological polar surface area (TPSA) is 107 Å². The van der Waals surface area contributed by atoms with E-state index < -0.39 is 12.2 Å². The van der Waals surface area contributed by atoms with Crippen LogP contribution in [0.4, 0.5) is 0 Å². The molecule has 0 bridgehead atoms. The van der Waals surface area contributed by atoms with Crippen LogP contribution in [-0.2, 0) is 7.05 Å². The highest BCUT2D eigenvalue weighted by Crippen LogP contribution is 2.15. The fourth-order valence-corrected chi connectivity index (χ4v) is 1.07. The van der Waals surface area contributed by atoms with E-state index in [2.05, 4.69) is 15.0 Å². The van der Waals surface area contributed by atoms with Crippen molar-refractivity contribution in [3.8, 4) is 0 Å². The highest BCUT2D eigenvalue weighted by molar-refractivity contribution is 5.04. The number of rotatable bonds is 4. The van der Waals surface area contributed by atoms with E-state index in [4.69, 9.17) is 5.53 Å². The molecule has 1 aromatic rings. The Morgan fingerprint density at radius 2 is 2.43 bits per heavy atom. The van der Waals surface area contributed by atoms with Crippen molar-refractivity contribution in [1.82, 2.24) is 9.55 Å². The Labute approximate surface area is 80.3 Å². The van der Waals surface area contributed by atoms with Crippen LogP contribution in [0.5, 0.6) is 0 Å². The first kappa shape index (κ1) is 10.5. The second kappa shape index (κ2) is 4.61. The number of aromatic nitrogens is 2. The fourth-order valence-electron chi connectivity index (χ4n) is 1.07. The molecular weight excluding hydrogens is 186 g/mol. The maximum absolute atomic E-state index is 9.59. The van der Waals surface area contributed by atoms with Gasteiger partial charge in [0.2, 0.25) is 0 Å². The lowest BCUT2D eigenvalue weighted by molar-refractivity contribution is 0.0201. The average Bonchev–Trinajstić information content (AvgIpc) is 2.59. The molecule has 76 valence electrons. The van der Waals surface area contributed by atoms with Gasteiger partial charge >= 0.3 is 0 Å². The van der Waals surface area contributed by atoms with E-state index in [0.717, 1.165) is 0 Å². The van der Waals surface area contributed by atoms with Gasteiger partial charge in [0, 0.05) is 12.0 Å². The van der Waals surface area contributed by atoms with E-state index >= 15 is 0 Å². The van der Waals surface area contributed by atoms with E-state index in [1.54, 1.807) is 11.6 Å². The second-order valence-electron chi connectivity index (χ2n) is 2.86. The number of imidazole rings is 1. The summed E-state index contributed by atoms with van der Waals surface area (Å²) < 4.78 is 1.59. The number of nitrogens with zero attached hydrogens (tertiary/aromatic N) is 5. The first-order chi connectivity index (χ1) is 6.66. The Balaban J connectivity index is 2.69. The van der Waals surface area contributed by atoms with Gasteiger partial charge in [0.25, 0.3) is 0 Å². The number of aliphatic hydroxyl groups excluding tert-OH is 2. The van der Waals surface area contributed by atoms with Crippen LogP contribution in [-0.4, -0.2) is 32.4 Å². The van der Waals surface area contributed by atoms with E-state index in [-0.39, 0.29) is 6.54 Å². The fraction of sp³-hybridized carbons (Fsp3) is 0.571. The van der Waals surface area contributed by atoms with Gasteiger partial charge in [-0.05, 0) is 5.53 Å². The van der Waals surface area contributed by atoms with Crippen LogP contribution in [0.3, 0.4) is 0 Å². The van der Waals surface area contributed by atoms with Gasteiger partial charge in [-0.2, -0.15) is 0 Å². The predicted octanol–water partition coefficient (Wildman–Crippen LogP) is 0.125. The van der Waals surface area contributed by atoms with Crippen LogP contribution in [0.15, 0.2) is 17.6 Å². The minimum Gasteiger partial charge on any atom is -0.390 e. The lowest BCUT2D eigenvalue weighted by atomic mass is 10.1. The van der Waals surface area contributed by atoms with Gasteiger partial charge in [-0.15, -0.1) is 0 Å². The Morgan fingerprint density at radius 1 is 1.71 bits per heavy atom. The van der Waals surface area contributed by atoms with Crippen molar-refractivity contribution in [1.29, 1.82) is 0 Å². The SMILES string of the molecule is Cn1cncc1C(O)C(O)CN=[N+]=[N-]. The number of azide groups is 1. The summed E-state index contributed by atoms with van der Waals surface area (Å²) in [5.41, 5.74) is 8.51. The zero-order chi connectivity index (χ0) is 10.6. The van der Waals surface area contributed by atoms with Crippen LogP contribution in [0.1, 0.15) is 11.8 Å². The van der Waals surface area contributed by atoms with Crippen LogP contribution >= 0.6 is 0 Å². The van der Waals surface area contributed by atoms with Crippen molar-refractivity contribution >= 4 is 0 Å². The van der Waals surface area contributed by atoms with Gasteiger partial charge in [-0.3, -0.25) is 0 Å². The molecule has 0 fully saturated rings. The first-order valence-electron chi connectivity index (χ1n) is 4.00. The average molecular weight is 197 g/mol. The van der Waals surface area contributed by atoms with Gasteiger partial charge in [-0.1, -0.05) is 5.11 Å². The third-order valence-corrected chi connectivity index (χ3v) is 1.85. The summed E-state index contributed by atoms with van der Waals surface area (Å²) in [5.74, 6) is 0. The van der Waals surface area contributed by atoms with Crippen molar-refractivity contribution in [2.45, 2.75) is 12.2 Å². The quantitative estimate of drug-likeness (QED) is 0.406. The molecule has 2 unspecified atom stereocenters. The molecule has 2 N–H and O–H groups in total. The summed E-state index contributed by atoms with van der Waals surface area (Å²) in [5, 5.41) is 22.2. The first-order valence-corrected chi connectivity index (χ1v) is 4.00. The second-order valence-corrected chi connectivity index (χ2v) is 2.86. The molecule has 2 atom stereocenters. The van der Waals surface area contributed by atoms with Gasteiger partial charge in [0.1, 0.15) is 6.10 Å². The Morgan fingerprint density at radius 3 is 2.93 bits per heavy atom. The highest BCUT2D eigenvalue weighted by Gasteiger charge is 2.19. The molecule has 0 spiro atoms. The number of hydrogen-bond donors (Lipinski definition) is 2. The third kappa shape index (κ3) is 2.23. The minimum atomic E-state index is -1.11. The predicted molar refractivity (Wildman–Crippen MR) is 48.2 cm³/mol. The summed E-state index contributed by atoms with van der Waals surface area (Å²) in [4.78, 5) is 6.29. The molecular formula is C7H11N5O2. The van der Waals surface area contributed by atoms with Crippen LogP contribution in [0, 0.1) is 0 Å². The highest BCUT2D eigenvalue weighted by atomic mass is 16.3. The molecule has 0 aliphatic rings. The molecule has 0 amide bonds. The Kier molecular flexibility index (Phi) is 3.47. The summed E-state index contributed by atoms with van der Waals surface area (Å²) in [7, 11) is 1.70. The summed E-state index contributed by atoms with van der Waals surface area (Å²) in [6.45, 7) is -0.164. The van der Waals surface area contributed by atoms with Crippen LogP contribution in [0.2, 0.25) is 0 Å². The normalized spacial score (nSPS) is 14.5. The number of aliphatic hydroxyl groups is 2. The number of aryl methyl sites for hydroxylation is 1. The molecule has 0 aliphatic heterocycles. The van der Waals surface area contributed by atoms with Crippen LogP contribution in [0.25, 0.3) is 10.4 Å². The number of hydrogen-bond acceptors (Lipinski definition) is 4.